The molecular formula is C24H32N2O2. The maximum absolute atomic E-state index is 12.5. The zero-order valence-electron chi connectivity index (χ0n) is 17.5. The average Bonchev–Trinajstić information content (AvgIpc) is 2.69. The topological polar surface area (TPSA) is 41.6 Å². The van der Waals surface area contributed by atoms with E-state index >= 15 is 0 Å². The number of nitrogens with zero attached hydrogens (tertiary/aromatic N) is 1. The molecule has 0 unspecified atom stereocenters. The standard InChI is InChI=1S/C24H32N2O2/c1-18(28-22-14-8-19(9-15-22)24(2,3)4)23(27)25-20-10-12-21(13-11-20)26-16-6-5-7-17-26/h8-15,18H,5-7,16-17H2,1-4H3,(H,25,27)/t18-/m1/s1. The first kappa shape index (κ1) is 20.2. The van der Waals surface area contributed by atoms with Crippen LogP contribution in [0, 0.1) is 0 Å². The zero-order chi connectivity index (χ0) is 20.1. The molecule has 1 aliphatic rings. The first-order valence-corrected chi connectivity index (χ1v) is 10.3. The molecular weight excluding hydrogens is 348 g/mol. The molecule has 4 nitrogen and oxygen atoms in total. The number of ether oxygens (including phenoxy) is 1. The quantitative estimate of drug-likeness (QED) is 0.757. The minimum atomic E-state index is -0.567. The Morgan fingerprint density at radius 3 is 2.14 bits per heavy atom. The van der Waals surface area contributed by atoms with Crippen molar-refractivity contribution in [2.75, 3.05) is 23.3 Å². The number of anilines is 2. The largest absolute Gasteiger partial charge is 0.481 e. The van der Waals surface area contributed by atoms with E-state index in [9.17, 15) is 4.79 Å². The number of nitrogens with one attached hydrogen (secondary N) is 1. The maximum Gasteiger partial charge on any atom is 0.265 e. The van der Waals surface area contributed by atoms with E-state index in [0.29, 0.717) is 5.75 Å². The van der Waals surface area contributed by atoms with Crippen LogP contribution in [0.4, 0.5) is 11.4 Å². The Bertz CT molecular complexity index is 770. The number of carbonyl (C=O) groups is 1. The van der Waals surface area contributed by atoms with Crippen LogP contribution < -0.4 is 15.0 Å². The predicted octanol–water partition coefficient (Wildman–Crippen LogP) is 5.38. The molecule has 3 rings (SSSR count). The molecule has 1 heterocycles. The van der Waals surface area contributed by atoms with Crippen molar-refractivity contribution in [3.05, 3.63) is 54.1 Å². The van der Waals surface area contributed by atoms with Gasteiger partial charge in [-0.2, -0.15) is 0 Å². The molecule has 0 saturated carbocycles. The lowest BCUT2D eigenvalue weighted by atomic mass is 9.87. The van der Waals surface area contributed by atoms with Crippen molar-refractivity contribution >= 4 is 17.3 Å². The summed E-state index contributed by atoms with van der Waals surface area (Å²) in [6.45, 7) is 10.5. The van der Waals surface area contributed by atoms with Crippen molar-refractivity contribution in [1.82, 2.24) is 0 Å². The molecule has 1 atom stereocenters. The van der Waals surface area contributed by atoms with E-state index in [1.54, 1.807) is 6.92 Å². The third kappa shape index (κ3) is 5.28. The van der Waals surface area contributed by atoms with Crippen LogP contribution in [0.1, 0.15) is 52.5 Å². The fourth-order valence-corrected chi connectivity index (χ4v) is 3.44. The third-order valence-electron chi connectivity index (χ3n) is 5.26. The number of carbonyl (C=O) groups excluding carboxylic acids is 1. The highest BCUT2D eigenvalue weighted by molar-refractivity contribution is 5.94. The second kappa shape index (κ2) is 8.68. The Kier molecular flexibility index (Phi) is 6.28. The summed E-state index contributed by atoms with van der Waals surface area (Å²) in [5, 5.41) is 2.95. The summed E-state index contributed by atoms with van der Waals surface area (Å²) in [6, 6.07) is 16.1. The van der Waals surface area contributed by atoms with Crippen molar-refractivity contribution in [3.8, 4) is 5.75 Å². The van der Waals surface area contributed by atoms with Gasteiger partial charge in [0.1, 0.15) is 5.75 Å². The first-order valence-electron chi connectivity index (χ1n) is 10.3. The summed E-state index contributed by atoms with van der Waals surface area (Å²) < 4.78 is 5.81. The van der Waals surface area contributed by atoms with Crippen LogP contribution in [0.3, 0.4) is 0 Å². The molecule has 1 aliphatic heterocycles. The lowest BCUT2D eigenvalue weighted by Crippen LogP contribution is -2.30. The van der Waals surface area contributed by atoms with Gasteiger partial charge in [-0.1, -0.05) is 32.9 Å². The van der Waals surface area contributed by atoms with Crippen LogP contribution in [-0.2, 0) is 10.2 Å². The van der Waals surface area contributed by atoms with Crippen molar-refractivity contribution in [1.29, 1.82) is 0 Å². The molecule has 150 valence electrons. The fourth-order valence-electron chi connectivity index (χ4n) is 3.44. The number of benzene rings is 2. The SMILES string of the molecule is C[C@@H](Oc1ccc(C(C)(C)C)cc1)C(=O)Nc1ccc(N2CCCCC2)cc1. The van der Waals surface area contributed by atoms with E-state index in [1.807, 2.05) is 24.3 Å². The van der Waals surface area contributed by atoms with E-state index in [4.69, 9.17) is 4.74 Å². The van der Waals surface area contributed by atoms with Crippen LogP contribution in [0.15, 0.2) is 48.5 Å². The van der Waals surface area contributed by atoms with E-state index in [2.05, 4.69) is 55.3 Å². The lowest BCUT2D eigenvalue weighted by Gasteiger charge is -2.28. The van der Waals surface area contributed by atoms with Gasteiger partial charge in [0.15, 0.2) is 6.10 Å². The summed E-state index contributed by atoms with van der Waals surface area (Å²) in [4.78, 5) is 14.9. The molecule has 28 heavy (non-hydrogen) atoms. The van der Waals surface area contributed by atoms with Crippen LogP contribution >= 0.6 is 0 Å². The molecule has 4 heteroatoms. The molecule has 1 amide bonds. The van der Waals surface area contributed by atoms with E-state index in [1.165, 1.54) is 30.5 Å². The molecule has 0 radical (unpaired) electrons. The van der Waals surface area contributed by atoms with Crippen molar-refractivity contribution in [3.63, 3.8) is 0 Å². The number of hydrogen-bond donors (Lipinski definition) is 1. The third-order valence-corrected chi connectivity index (χ3v) is 5.26. The second-order valence-electron chi connectivity index (χ2n) is 8.62. The van der Waals surface area contributed by atoms with Crippen LogP contribution in [0.5, 0.6) is 5.75 Å². The summed E-state index contributed by atoms with van der Waals surface area (Å²) in [5.41, 5.74) is 3.36. The number of hydrogen-bond acceptors (Lipinski definition) is 3. The smallest absolute Gasteiger partial charge is 0.265 e. The molecule has 0 bridgehead atoms. The Labute approximate surface area is 168 Å². The molecule has 2 aromatic carbocycles. The molecule has 2 aromatic rings. The molecule has 0 spiro atoms. The second-order valence-corrected chi connectivity index (χ2v) is 8.62. The van der Waals surface area contributed by atoms with Crippen LogP contribution in [-0.4, -0.2) is 25.1 Å². The van der Waals surface area contributed by atoms with Gasteiger partial charge < -0.3 is 15.0 Å². The fraction of sp³-hybridized carbons (Fsp3) is 0.458. The number of rotatable bonds is 5. The van der Waals surface area contributed by atoms with Gasteiger partial charge in [0, 0.05) is 24.5 Å². The van der Waals surface area contributed by atoms with Gasteiger partial charge in [-0.3, -0.25) is 4.79 Å². The minimum absolute atomic E-state index is 0.0991. The molecule has 1 fully saturated rings. The highest BCUT2D eigenvalue weighted by Crippen LogP contribution is 2.25. The maximum atomic E-state index is 12.5. The van der Waals surface area contributed by atoms with Gasteiger partial charge >= 0.3 is 0 Å². The molecule has 1 N–H and O–H groups in total. The summed E-state index contributed by atoms with van der Waals surface area (Å²) in [6.07, 6.45) is 3.26. The van der Waals surface area contributed by atoms with Gasteiger partial charge in [-0.05, 0) is 73.6 Å². The Balaban J connectivity index is 1.55. The number of piperidine rings is 1. The van der Waals surface area contributed by atoms with Gasteiger partial charge in [0.2, 0.25) is 0 Å². The summed E-state index contributed by atoms with van der Waals surface area (Å²) >= 11 is 0. The Morgan fingerprint density at radius 2 is 1.57 bits per heavy atom. The Hall–Kier alpha value is -2.49. The summed E-state index contributed by atoms with van der Waals surface area (Å²) in [7, 11) is 0. The lowest BCUT2D eigenvalue weighted by molar-refractivity contribution is -0.122. The first-order chi connectivity index (χ1) is 13.3. The highest BCUT2D eigenvalue weighted by Gasteiger charge is 2.17. The highest BCUT2D eigenvalue weighted by atomic mass is 16.5. The van der Waals surface area contributed by atoms with Gasteiger partial charge in [0.05, 0.1) is 0 Å². The van der Waals surface area contributed by atoms with Crippen molar-refractivity contribution in [2.24, 2.45) is 0 Å². The van der Waals surface area contributed by atoms with Crippen LogP contribution in [0.2, 0.25) is 0 Å². The van der Waals surface area contributed by atoms with E-state index in [-0.39, 0.29) is 11.3 Å². The monoisotopic (exact) mass is 380 g/mol. The van der Waals surface area contributed by atoms with Crippen molar-refractivity contribution in [2.45, 2.75) is 58.5 Å². The normalized spacial score (nSPS) is 15.8. The van der Waals surface area contributed by atoms with Gasteiger partial charge in [0.25, 0.3) is 5.91 Å². The molecule has 0 aliphatic carbocycles. The average molecular weight is 381 g/mol. The van der Waals surface area contributed by atoms with Crippen LogP contribution in [0.25, 0.3) is 0 Å². The zero-order valence-corrected chi connectivity index (χ0v) is 17.5. The van der Waals surface area contributed by atoms with Gasteiger partial charge in [-0.25, -0.2) is 0 Å². The van der Waals surface area contributed by atoms with Crippen molar-refractivity contribution < 1.29 is 9.53 Å². The molecule has 0 aromatic heterocycles. The van der Waals surface area contributed by atoms with E-state index < -0.39 is 6.10 Å². The minimum Gasteiger partial charge on any atom is -0.481 e. The Morgan fingerprint density at radius 1 is 0.964 bits per heavy atom. The predicted molar refractivity (Wildman–Crippen MR) is 116 cm³/mol. The number of amides is 1. The molecule has 1 saturated heterocycles. The van der Waals surface area contributed by atoms with E-state index in [0.717, 1.165) is 18.8 Å². The summed E-state index contributed by atoms with van der Waals surface area (Å²) in [5.74, 6) is 0.557. The van der Waals surface area contributed by atoms with Gasteiger partial charge in [-0.15, -0.1) is 0 Å².